The number of rotatable bonds is 27. The molecular weight excluding hydrogens is 1150 g/mol. The van der Waals surface area contributed by atoms with E-state index in [1.54, 1.807) is 56.9 Å². The van der Waals surface area contributed by atoms with Gasteiger partial charge in [-0.05, 0) is 100 Å². The monoisotopic (exact) mass is 1260 g/mol. The molecule has 1 aromatic rings. The lowest BCUT2D eigenvalue weighted by Gasteiger charge is -2.36. The van der Waals surface area contributed by atoms with Gasteiger partial charge in [0.1, 0.15) is 48.1 Å². The molecule has 21 heteroatoms. The SMILES string of the molecule is CCCCCCCCCCCCCCCC(=O)N1CCCC1C(=O)N(C)[C@H](CC(C)C)C(=O)N[C@@H]1C(=O)NC(C(C)C)[C@H](O)CC(=O)O[C@@H](C(C)C)C(=O)[C@H](C)C(=O)N[C@@H](CC(C)C)C(=O)N2CCC[C@H]2C(=O)N(C)[C@@H](Cc2ccc(OC)cc2)C(=O)O[C@@H]1C. The van der Waals surface area contributed by atoms with Gasteiger partial charge < -0.3 is 54.9 Å². The van der Waals surface area contributed by atoms with Crippen LogP contribution in [0.3, 0.4) is 0 Å². The number of carbonyl (C=O) groups excluding carboxylic acids is 10. The number of ether oxygens (including phenoxy) is 3. The van der Waals surface area contributed by atoms with Gasteiger partial charge in [0.05, 0.1) is 31.6 Å². The van der Waals surface area contributed by atoms with Crippen molar-refractivity contribution in [3.8, 4) is 5.75 Å². The average Bonchev–Trinajstić information content (AvgIpc) is 2.15. The molecule has 3 heterocycles. The summed E-state index contributed by atoms with van der Waals surface area (Å²) in [4.78, 5) is 151. The number of aliphatic hydroxyl groups excluding tert-OH is 1. The number of methoxy groups -OCH3 is 1. The number of fused-ring (bicyclic) bond motifs is 1. The van der Waals surface area contributed by atoms with Crippen LogP contribution in [-0.4, -0.2) is 179 Å². The fraction of sp³-hybridized carbons (Fsp3) is 0.768. The van der Waals surface area contributed by atoms with Crippen molar-refractivity contribution in [1.82, 2.24) is 35.6 Å². The van der Waals surface area contributed by atoms with Crippen LogP contribution in [0.15, 0.2) is 24.3 Å². The number of esters is 2. The summed E-state index contributed by atoms with van der Waals surface area (Å²) < 4.78 is 17.3. The maximum atomic E-state index is 15.1. The van der Waals surface area contributed by atoms with Crippen LogP contribution in [0.4, 0.5) is 0 Å². The molecule has 4 rings (SSSR count). The molecule has 0 aliphatic carbocycles. The Morgan fingerprint density at radius 3 is 1.89 bits per heavy atom. The Kier molecular flexibility index (Phi) is 32.3. The summed E-state index contributed by atoms with van der Waals surface area (Å²) in [5, 5.41) is 20.2. The van der Waals surface area contributed by atoms with Crippen LogP contribution in [-0.2, 0) is 63.8 Å². The fourth-order valence-electron chi connectivity index (χ4n) is 12.6. The minimum Gasteiger partial charge on any atom is -0.497 e. The number of amides is 7. The molecule has 90 heavy (non-hydrogen) atoms. The number of nitrogens with zero attached hydrogens (tertiary/aromatic N) is 4. The Balaban J connectivity index is 1.71. The molecule has 3 fully saturated rings. The molecule has 3 aliphatic rings. The minimum atomic E-state index is -1.73. The molecule has 3 aliphatic heterocycles. The lowest BCUT2D eigenvalue weighted by molar-refractivity contribution is -0.163. The molecule has 2 unspecified atom stereocenters. The highest BCUT2D eigenvalue weighted by atomic mass is 16.6. The van der Waals surface area contributed by atoms with E-state index in [0.29, 0.717) is 50.0 Å². The zero-order chi connectivity index (χ0) is 66.9. The zero-order valence-electron chi connectivity index (χ0n) is 57.0. The van der Waals surface area contributed by atoms with Crippen molar-refractivity contribution in [2.24, 2.45) is 29.6 Å². The summed E-state index contributed by atoms with van der Waals surface area (Å²) in [7, 11) is 4.43. The van der Waals surface area contributed by atoms with Crippen LogP contribution in [0.5, 0.6) is 5.75 Å². The fourth-order valence-corrected chi connectivity index (χ4v) is 12.6. The largest absolute Gasteiger partial charge is 0.497 e. The van der Waals surface area contributed by atoms with Gasteiger partial charge in [-0.3, -0.25) is 43.2 Å². The first-order valence-corrected chi connectivity index (χ1v) is 33.9. The van der Waals surface area contributed by atoms with Crippen molar-refractivity contribution >= 4 is 59.1 Å². The number of nitrogens with one attached hydrogen (secondary N) is 3. The molecule has 1 aromatic carbocycles. The quantitative estimate of drug-likeness (QED) is 0.0369. The van der Waals surface area contributed by atoms with E-state index in [1.165, 1.54) is 108 Å². The summed E-state index contributed by atoms with van der Waals surface area (Å²) in [5.41, 5.74) is 0.589. The van der Waals surface area contributed by atoms with E-state index in [1.807, 2.05) is 27.7 Å². The smallest absolute Gasteiger partial charge is 0.329 e. The van der Waals surface area contributed by atoms with Gasteiger partial charge in [-0.25, -0.2) is 4.79 Å². The molecule has 3 saturated heterocycles. The second-order valence-electron chi connectivity index (χ2n) is 27.2. The maximum Gasteiger partial charge on any atom is 0.329 e. The van der Waals surface area contributed by atoms with Crippen LogP contribution < -0.4 is 20.7 Å². The number of hydrogen-bond donors (Lipinski definition) is 4. The Hall–Kier alpha value is -6.12. The number of likely N-dealkylation sites (tertiary alicyclic amines) is 1. The molecule has 0 saturated carbocycles. The van der Waals surface area contributed by atoms with E-state index >= 15 is 14.4 Å². The third kappa shape index (κ3) is 22.9. The summed E-state index contributed by atoms with van der Waals surface area (Å²) in [6.45, 7) is 19.6. The van der Waals surface area contributed by atoms with E-state index in [-0.39, 0.29) is 50.0 Å². The third-order valence-electron chi connectivity index (χ3n) is 18.1. The Labute approximate surface area is 537 Å². The first-order chi connectivity index (χ1) is 42.6. The van der Waals surface area contributed by atoms with Crippen molar-refractivity contribution in [3.63, 3.8) is 0 Å². The Morgan fingerprint density at radius 2 is 1.33 bits per heavy atom. The number of unbranched alkanes of at least 4 members (excludes halogenated alkanes) is 12. The van der Waals surface area contributed by atoms with Crippen molar-refractivity contribution < 1.29 is 67.3 Å². The van der Waals surface area contributed by atoms with Crippen molar-refractivity contribution in [1.29, 1.82) is 0 Å². The van der Waals surface area contributed by atoms with Crippen LogP contribution in [0.25, 0.3) is 0 Å². The molecule has 0 radical (unpaired) electrons. The second kappa shape index (κ2) is 38.0. The highest BCUT2D eigenvalue weighted by Gasteiger charge is 2.46. The number of Topliss-reactive ketones (excluding diaryl/α,β-unsaturated/α-hetero) is 1. The molecule has 0 aromatic heterocycles. The maximum absolute atomic E-state index is 15.1. The molecule has 0 bridgehead atoms. The van der Waals surface area contributed by atoms with Gasteiger partial charge in [0.2, 0.25) is 41.4 Å². The number of likely N-dealkylation sites (N-methyl/N-ethyl adjacent to an activating group) is 2. The second-order valence-corrected chi connectivity index (χ2v) is 27.2. The first kappa shape index (κ1) is 76.3. The summed E-state index contributed by atoms with van der Waals surface area (Å²) in [6, 6.07) is -1.79. The standard InChI is InChI=1S/C69H113N7O14/c1-15-16-17-18-19-20-21-22-23-24-25-26-27-32-57(78)75-37-28-30-52(75)67(85)73(12)54(40-44(4)5)64(82)72-60-48(11)89-69(87)55(41-49-33-35-50(88-14)36-34-49)74(13)68(86)53-31-29-38-76(53)66(84)51(39-43(2)3)70-63(81)47(10)61(80)62(46(8)9)90-58(79)42-56(77)59(45(6)7)71-65(60)83/h33-36,43-48,51-56,59-60,62,77H,15-32,37-42H2,1-14H3,(H,70,81)(H,71,83)(H,72,82)/t47-,48+,51-,52?,53-,54+,55-,56+,59?,60-,62-/m0/s1. The minimum absolute atomic E-state index is 0.113. The number of hydrogen-bond acceptors (Lipinski definition) is 14. The van der Waals surface area contributed by atoms with Gasteiger partial charge in [0.15, 0.2) is 11.9 Å². The highest BCUT2D eigenvalue weighted by Crippen LogP contribution is 2.28. The zero-order valence-corrected chi connectivity index (χ0v) is 57.0. The van der Waals surface area contributed by atoms with Crippen molar-refractivity contribution in [2.75, 3.05) is 34.3 Å². The van der Waals surface area contributed by atoms with Crippen LogP contribution in [0.1, 0.15) is 217 Å². The molecule has 508 valence electrons. The molecular formula is C69H113N7O14. The number of ketones is 1. The highest BCUT2D eigenvalue weighted by molar-refractivity contribution is 6.05. The molecule has 4 N–H and O–H groups in total. The van der Waals surface area contributed by atoms with E-state index < -0.39 is 138 Å². The van der Waals surface area contributed by atoms with Gasteiger partial charge in [-0.2, -0.15) is 0 Å². The summed E-state index contributed by atoms with van der Waals surface area (Å²) in [5.74, 6) is -9.37. The predicted octanol–water partition coefficient (Wildman–Crippen LogP) is 8.03. The normalized spacial score (nSPS) is 25.1. The van der Waals surface area contributed by atoms with Crippen molar-refractivity contribution in [2.45, 2.75) is 278 Å². The van der Waals surface area contributed by atoms with Gasteiger partial charge in [-0.15, -0.1) is 0 Å². The van der Waals surface area contributed by atoms with E-state index in [2.05, 4.69) is 22.9 Å². The van der Waals surface area contributed by atoms with Crippen LogP contribution >= 0.6 is 0 Å². The van der Waals surface area contributed by atoms with Crippen molar-refractivity contribution in [3.05, 3.63) is 29.8 Å². The summed E-state index contributed by atoms with van der Waals surface area (Å²) in [6.07, 6.45) is 12.0. The Morgan fingerprint density at radius 1 is 0.744 bits per heavy atom. The lowest BCUT2D eigenvalue weighted by Crippen LogP contribution is -2.62. The van der Waals surface area contributed by atoms with Crippen LogP contribution in [0.2, 0.25) is 0 Å². The van der Waals surface area contributed by atoms with Crippen LogP contribution in [0, 0.1) is 29.6 Å². The lowest BCUT2D eigenvalue weighted by atomic mass is 9.92. The molecule has 11 atom stereocenters. The average molecular weight is 1260 g/mol. The molecule has 21 nitrogen and oxygen atoms in total. The Bertz CT molecular complexity index is 2510. The predicted molar refractivity (Wildman–Crippen MR) is 344 cm³/mol. The number of cyclic esters (lactones) is 2. The summed E-state index contributed by atoms with van der Waals surface area (Å²) >= 11 is 0. The van der Waals surface area contributed by atoms with Gasteiger partial charge in [0, 0.05) is 40.0 Å². The number of aliphatic hydroxyl groups is 1. The van der Waals surface area contributed by atoms with Gasteiger partial charge >= 0.3 is 11.9 Å². The molecule has 7 amide bonds. The first-order valence-electron chi connectivity index (χ1n) is 33.9. The third-order valence-corrected chi connectivity index (χ3v) is 18.1. The van der Waals surface area contributed by atoms with E-state index in [9.17, 15) is 38.7 Å². The topological polar surface area (TPSA) is 268 Å². The number of carbonyl (C=O) groups is 10. The van der Waals surface area contributed by atoms with Gasteiger partial charge in [0.25, 0.3) is 0 Å². The van der Waals surface area contributed by atoms with Gasteiger partial charge in [-0.1, -0.05) is 151 Å². The number of benzene rings is 1. The van der Waals surface area contributed by atoms with E-state index in [4.69, 9.17) is 14.2 Å². The molecule has 0 spiro atoms. The van der Waals surface area contributed by atoms with E-state index in [0.717, 1.165) is 19.3 Å².